The fraction of sp³-hybridized carbons (Fsp3) is 0.632. The first-order valence-corrected chi connectivity index (χ1v) is 9.02. The SMILES string of the molecule is COc1cc(CN2CC3(CC(OC)CCO3)C2)cc(OC)c1.O=C(O)C(F)(F)F. The van der Waals surface area contributed by atoms with Crippen LogP contribution in [0.2, 0.25) is 0 Å². The van der Waals surface area contributed by atoms with E-state index in [-0.39, 0.29) is 5.60 Å². The van der Waals surface area contributed by atoms with Crippen molar-refractivity contribution in [3.63, 3.8) is 0 Å². The van der Waals surface area contributed by atoms with Gasteiger partial charge in [0, 0.05) is 45.8 Å². The lowest BCUT2D eigenvalue weighted by atomic mass is 9.84. The lowest BCUT2D eigenvalue weighted by Gasteiger charge is -2.53. The van der Waals surface area contributed by atoms with Crippen molar-refractivity contribution in [1.29, 1.82) is 0 Å². The molecule has 0 amide bonds. The van der Waals surface area contributed by atoms with Crippen molar-refractivity contribution in [1.82, 2.24) is 4.90 Å². The Morgan fingerprint density at radius 2 is 1.76 bits per heavy atom. The molecule has 0 aromatic heterocycles. The van der Waals surface area contributed by atoms with Crippen molar-refractivity contribution in [2.75, 3.05) is 41.0 Å². The maximum atomic E-state index is 10.6. The predicted octanol–water partition coefficient (Wildman–Crippen LogP) is 2.72. The number of carboxylic acid groups (broad SMARTS) is 1. The van der Waals surface area contributed by atoms with E-state index in [4.69, 9.17) is 28.8 Å². The van der Waals surface area contributed by atoms with E-state index >= 15 is 0 Å². The standard InChI is InChI=1S/C17H25NO4.C2HF3O2/c1-19-14-4-5-22-17(9-14)11-18(12-17)10-13-6-15(20-2)8-16(7-13)21-3;3-2(4,5)1(6)7/h6-8,14H,4-5,9-12H2,1-3H3;(H,6,7). The average molecular weight is 421 g/mol. The van der Waals surface area contributed by atoms with Crippen LogP contribution >= 0.6 is 0 Å². The molecule has 164 valence electrons. The second-order valence-corrected chi connectivity index (χ2v) is 7.05. The molecule has 2 aliphatic heterocycles. The van der Waals surface area contributed by atoms with E-state index in [0.717, 1.165) is 50.6 Å². The summed E-state index contributed by atoms with van der Waals surface area (Å²) in [4.78, 5) is 11.3. The normalized spacial score (nSPS) is 21.0. The van der Waals surface area contributed by atoms with Gasteiger partial charge in [0.25, 0.3) is 0 Å². The van der Waals surface area contributed by atoms with E-state index in [0.29, 0.717) is 6.10 Å². The highest BCUT2D eigenvalue weighted by Gasteiger charge is 2.47. The zero-order valence-electron chi connectivity index (χ0n) is 16.6. The molecule has 3 rings (SSSR count). The molecule has 0 aliphatic carbocycles. The second kappa shape index (κ2) is 9.64. The van der Waals surface area contributed by atoms with Crippen LogP contribution in [0, 0.1) is 0 Å². The Morgan fingerprint density at radius 3 is 2.21 bits per heavy atom. The summed E-state index contributed by atoms with van der Waals surface area (Å²) in [6.45, 7) is 3.62. The molecule has 10 heteroatoms. The van der Waals surface area contributed by atoms with Crippen LogP contribution in [0.1, 0.15) is 18.4 Å². The van der Waals surface area contributed by atoms with E-state index < -0.39 is 12.1 Å². The number of aliphatic carboxylic acids is 1. The number of benzene rings is 1. The summed E-state index contributed by atoms with van der Waals surface area (Å²) in [7, 11) is 5.15. The van der Waals surface area contributed by atoms with Crippen LogP contribution in [-0.2, 0) is 20.8 Å². The van der Waals surface area contributed by atoms with Gasteiger partial charge in [-0.15, -0.1) is 0 Å². The van der Waals surface area contributed by atoms with Crippen molar-refractivity contribution >= 4 is 5.97 Å². The molecule has 1 aromatic rings. The minimum Gasteiger partial charge on any atom is -0.497 e. The van der Waals surface area contributed by atoms with Gasteiger partial charge in [-0.1, -0.05) is 0 Å². The van der Waals surface area contributed by atoms with Crippen molar-refractivity contribution in [2.45, 2.75) is 37.3 Å². The maximum absolute atomic E-state index is 10.6. The number of alkyl halides is 3. The summed E-state index contributed by atoms with van der Waals surface area (Å²) < 4.78 is 53.9. The Bertz CT molecular complexity index is 669. The van der Waals surface area contributed by atoms with Gasteiger partial charge in [0.2, 0.25) is 0 Å². The highest BCUT2D eigenvalue weighted by molar-refractivity contribution is 5.73. The molecule has 2 aliphatic rings. The largest absolute Gasteiger partial charge is 0.497 e. The summed E-state index contributed by atoms with van der Waals surface area (Å²) in [5.74, 6) is -1.09. The summed E-state index contributed by atoms with van der Waals surface area (Å²) in [6.07, 6.45) is -2.74. The smallest absolute Gasteiger partial charge is 0.490 e. The quantitative estimate of drug-likeness (QED) is 0.783. The number of likely N-dealkylation sites (tertiary alicyclic amines) is 1. The highest BCUT2D eigenvalue weighted by atomic mass is 19.4. The maximum Gasteiger partial charge on any atom is 0.490 e. The molecule has 0 radical (unpaired) electrons. The molecule has 29 heavy (non-hydrogen) atoms. The van der Waals surface area contributed by atoms with Crippen LogP contribution in [0.3, 0.4) is 0 Å². The second-order valence-electron chi connectivity index (χ2n) is 7.05. The van der Waals surface area contributed by atoms with Gasteiger partial charge < -0.3 is 24.1 Å². The molecule has 1 atom stereocenters. The summed E-state index contributed by atoms with van der Waals surface area (Å²) >= 11 is 0. The molecule has 7 nitrogen and oxygen atoms in total. The molecule has 1 N–H and O–H groups in total. The van der Waals surface area contributed by atoms with Gasteiger partial charge in [0.15, 0.2) is 0 Å². The lowest BCUT2D eigenvalue weighted by molar-refractivity contribution is -0.195. The number of ether oxygens (including phenoxy) is 4. The molecule has 0 saturated carbocycles. The van der Waals surface area contributed by atoms with E-state index in [2.05, 4.69) is 17.0 Å². The van der Waals surface area contributed by atoms with Crippen LogP contribution in [0.15, 0.2) is 18.2 Å². The van der Waals surface area contributed by atoms with Gasteiger partial charge in [0.05, 0.1) is 25.9 Å². The number of carboxylic acids is 1. The molecule has 1 spiro atoms. The highest BCUT2D eigenvalue weighted by Crippen LogP contribution is 2.36. The Labute approximate surface area is 167 Å². The molecule has 2 heterocycles. The fourth-order valence-corrected chi connectivity index (χ4v) is 3.50. The molecule has 2 saturated heterocycles. The van der Waals surface area contributed by atoms with Crippen LogP contribution in [0.25, 0.3) is 0 Å². The third-order valence-corrected chi connectivity index (χ3v) is 4.86. The number of hydrogen-bond acceptors (Lipinski definition) is 6. The Hall–Kier alpha value is -2.04. The molecule has 1 aromatic carbocycles. The van der Waals surface area contributed by atoms with Gasteiger partial charge in [-0.05, 0) is 24.1 Å². The van der Waals surface area contributed by atoms with Crippen LogP contribution < -0.4 is 9.47 Å². The lowest BCUT2D eigenvalue weighted by Crippen LogP contribution is -2.65. The number of nitrogens with zero attached hydrogens (tertiary/aromatic N) is 1. The average Bonchev–Trinajstić information content (AvgIpc) is 2.66. The Morgan fingerprint density at radius 1 is 1.21 bits per heavy atom. The van der Waals surface area contributed by atoms with E-state index in [1.807, 2.05) is 6.07 Å². The van der Waals surface area contributed by atoms with E-state index in [1.165, 1.54) is 5.56 Å². The van der Waals surface area contributed by atoms with Gasteiger partial charge >= 0.3 is 12.1 Å². The fourth-order valence-electron chi connectivity index (χ4n) is 3.50. The number of halogens is 3. The number of hydrogen-bond donors (Lipinski definition) is 1. The molecule has 0 bridgehead atoms. The molecular weight excluding hydrogens is 395 g/mol. The van der Waals surface area contributed by atoms with Crippen LogP contribution in [0.4, 0.5) is 13.2 Å². The van der Waals surface area contributed by atoms with Crippen LogP contribution in [-0.4, -0.2) is 74.9 Å². The molecule has 1 unspecified atom stereocenters. The molecule has 2 fully saturated rings. The van der Waals surface area contributed by atoms with Crippen molar-refractivity contribution in [3.8, 4) is 11.5 Å². The number of methoxy groups -OCH3 is 3. The number of rotatable bonds is 5. The zero-order valence-corrected chi connectivity index (χ0v) is 16.6. The third kappa shape index (κ3) is 6.48. The van der Waals surface area contributed by atoms with Crippen molar-refractivity contribution < 1.29 is 42.0 Å². The Balaban J connectivity index is 0.000000370. The van der Waals surface area contributed by atoms with E-state index in [9.17, 15) is 13.2 Å². The first-order valence-electron chi connectivity index (χ1n) is 9.02. The van der Waals surface area contributed by atoms with Gasteiger partial charge in [-0.2, -0.15) is 13.2 Å². The topological polar surface area (TPSA) is 77.5 Å². The minimum atomic E-state index is -5.08. The minimum absolute atomic E-state index is 0.00186. The third-order valence-electron chi connectivity index (χ3n) is 4.86. The zero-order chi connectivity index (χ0) is 21.7. The summed E-state index contributed by atoms with van der Waals surface area (Å²) in [5, 5.41) is 7.12. The van der Waals surface area contributed by atoms with Gasteiger partial charge in [-0.25, -0.2) is 4.79 Å². The van der Waals surface area contributed by atoms with Crippen molar-refractivity contribution in [2.24, 2.45) is 0 Å². The molecular formula is C19H26F3NO6. The van der Waals surface area contributed by atoms with E-state index in [1.54, 1.807) is 21.3 Å². The number of carbonyl (C=O) groups is 1. The first-order chi connectivity index (χ1) is 13.6. The Kier molecular flexibility index (Phi) is 7.73. The monoisotopic (exact) mass is 421 g/mol. The van der Waals surface area contributed by atoms with Gasteiger partial charge in [-0.3, -0.25) is 4.90 Å². The first kappa shape index (κ1) is 23.2. The summed E-state index contributed by atoms with van der Waals surface area (Å²) in [6, 6.07) is 6.02. The van der Waals surface area contributed by atoms with Crippen molar-refractivity contribution in [3.05, 3.63) is 23.8 Å². The van der Waals surface area contributed by atoms with Crippen LogP contribution in [0.5, 0.6) is 11.5 Å². The predicted molar refractivity (Wildman–Crippen MR) is 97.2 cm³/mol. The summed E-state index contributed by atoms with van der Waals surface area (Å²) in [5.41, 5.74) is 1.20. The van der Waals surface area contributed by atoms with Gasteiger partial charge in [0.1, 0.15) is 11.5 Å².